The van der Waals surface area contributed by atoms with Gasteiger partial charge in [-0.05, 0) is 27.5 Å². The second-order valence-corrected chi connectivity index (χ2v) is 7.38. The fraction of sp³-hybridized carbons (Fsp3) is 0.556. The smallest absolute Gasteiger partial charge is 0.240 e. The monoisotopic (exact) mass is 342 g/mol. The van der Waals surface area contributed by atoms with E-state index in [1.165, 1.54) is 11.3 Å². The van der Waals surface area contributed by atoms with Gasteiger partial charge in [0.05, 0.1) is 13.1 Å². The van der Waals surface area contributed by atoms with Crippen LogP contribution in [-0.2, 0) is 5.41 Å². The first kappa shape index (κ1) is 17.4. The van der Waals surface area contributed by atoms with Crippen LogP contribution in [0.1, 0.15) is 50.3 Å². The lowest BCUT2D eigenvalue weighted by atomic mass is 9.85. The van der Waals surface area contributed by atoms with E-state index >= 15 is 0 Å². The van der Waals surface area contributed by atoms with Gasteiger partial charge in [-0.25, -0.2) is 0 Å². The SMILES string of the molecule is CCC(=O)c1nnnn1N1CCN(c2ccccc2C(C)(C)C)CC1. The third-order valence-electron chi connectivity index (χ3n) is 4.60. The third-order valence-corrected chi connectivity index (χ3v) is 4.60. The molecule has 134 valence electrons. The number of aromatic nitrogens is 4. The van der Waals surface area contributed by atoms with Crippen molar-refractivity contribution >= 4 is 11.5 Å². The maximum Gasteiger partial charge on any atom is 0.240 e. The molecule has 0 spiro atoms. The summed E-state index contributed by atoms with van der Waals surface area (Å²) in [6.45, 7) is 11.8. The van der Waals surface area contributed by atoms with Gasteiger partial charge in [0.2, 0.25) is 11.6 Å². The average molecular weight is 342 g/mol. The standard InChI is InChI=1S/C18H26N6O/c1-5-16(25)17-19-20-21-24(17)23-12-10-22(11-13-23)15-9-7-6-8-14(15)18(2,3)4/h6-9H,5,10-13H2,1-4H3. The van der Waals surface area contributed by atoms with E-state index in [9.17, 15) is 4.79 Å². The predicted octanol–water partition coefficient (Wildman–Crippen LogP) is 2.02. The predicted molar refractivity (Wildman–Crippen MR) is 97.7 cm³/mol. The molecule has 1 aliphatic heterocycles. The van der Waals surface area contributed by atoms with Crippen molar-refractivity contribution in [3.05, 3.63) is 35.7 Å². The van der Waals surface area contributed by atoms with Crippen LogP contribution in [0.4, 0.5) is 5.69 Å². The van der Waals surface area contributed by atoms with Crippen LogP contribution in [-0.4, -0.2) is 52.3 Å². The Kier molecular flexibility index (Phi) is 4.74. The Morgan fingerprint density at radius 1 is 1.12 bits per heavy atom. The van der Waals surface area contributed by atoms with E-state index in [0.29, 0.717) is 12.2 Å². The van der Waals surface area contributed by atoms with Crippen molar-refractivity contribution in [1.82, 2.24) is 20.3 Å². The minimum absolute atomic E-state index is 0.0366. The Morgan fingerprint density at radius 2 is 1.80 bits per heavy atom. The normalized spacial score (nSPS) is 15.5. The van der Waals surface area contributed by atoms with Crippen LogP contribution in [0.15, 0.2) is 24.3 Å². The van der Waals surface area contributed by atoms with Gasteiger partial charge in [-0.3, -0.25) is 9.80 Å². The first-order valence-corrected chi connectivity index (χ1v) is 8.83. The van der Waals surface area contributed by atoms with Crippen molar-refractivity contribution in [3.8, 4) is 0 Å². The lowest BCUT2D eigenvalue weighted by Crippen LogP contribution is -2.52. The molecule has 1 aromatic heterocycles. The Labute approximate surface area is 148 Å². The first-order valence-electron chi connectivity index (χ1n) is 8.83. The lowest BCUT2D eigenvalue weighted by molar-refractivity contribution is 0.0971. The zero-order valence-electron chi connectivity index (χ0n) is 15.4. The second-order valence-electron chi connectivity index (χ2n) is 7.38. The number of para-hydroxylation sites is 1. The number of hydrogen-bond donors (Lipinski definition) is 0. The number of piperazine rings is 1. The van der Waals surface area contributed by atoms with E-state index in [4.69, 9.17) is 0 Å². The molecule has 2 aromatic rings. The van der Waals surface area contributed by atoms with Gasteiger partial charge in [-0.2, -0.15) is 0 Å². The number of anilines is 1. The van der Waals surface area contributed by atoms with E-state index in [1.54, 1.807) is 4.79 Å². The van der Waals surface area contributed by atoms with Crippen LogP contribution >= 0.6 is 0 Å². The van der Waals surface area contributed by atoms with Crippen LogP contribution in [0.25, 0.3) is 0 Å². The highest BCUT2D eigenvalue weighted by Crippen LogP contribution is 2.32. The fourth-order valence-electron chi connectivity index (χ4n) is 3.21. The zero-order chi connectivity index (χ0) is 18.0. The van der Waals surface area contributed by atoms with Crippen molar-refractivity contribution < 1.29 is 4.79 Å². The quantitative estimate of drug-likeness (QED) is 0.792. The van der Waals surface area contributed by atoms with Gasteiger partial charge >= 0.3 is 0 Å². The maximum atomic E-state index is 12.0. The molecule has 0 aliphatic carbocycles. The molecule has 1 saturated heterocycles. The topological polar surface area (TPSA) is 67.2 Å². The van der Waals surface area contributed by atoms with Crippen LogP contribution in [0.3, 0.4) is 0 Å². The minimum atomic E-state index is -0.0366. The average Bonchev–Trinajstić information content (AvgIpc) is 3.10. The summed E-state index contributed by atoms with van der Waals surface area (Å²) in [7, 11) is 0. The molecule has 1 aromatic carbocycles. The number of carbonyl (C=O) groups is 1. The van der Waals surface area contributed by atoms with E-state index in [1.807, 2.05) is 11.9 Å². The van der Waals surface area contributed by atoms with Crippen LogP contribution < -0.4 is 9.91 Å². The molecule has 0 bridgehead atoms. The van der Waals surface area contributed by atoms with Gasteiger partial charge in [-0.1, -0.05) is 45.9 Å². The Balaban J connectivity index is 1.76. The molecular weight excluding hydrogens is 316 g/mol. The number of Topliss-reactive ketones (excluding diaryl/α,β-unsaturated/α-hetero) is 1. The number of nitrogens with zero attached hydrogens (tertiary/aromatic N) is 6. The molecule has 7 heteroatoms. The summed E-state index contributed by atoms with van der Waals surface area (Å²) >= 11 is 0. The molecule has 0 amide bonds. The van der Waals surface area contributed by atoms with Gasteiger partial charge in [0.25, 0.3) is 0 Å². The molecule has 2 heterocycles. The van der Waals surface area contributed by atoms with Crippen molar-refractivity contribution in [3.63, 3.8) is 0 Å². The highest BCUT2D eigenvalue weighted by Gasteiger charge is 2.26. The molecule has 1 fully saturated rings. The second kappa shape index (κ2) is 6.82. The number of hydrogen-bond acceptors (Lipinski definition) is 6. The Hall–Kier alpha value is -2.44. The van der Waals surface area contributed by atoms with Crippen LogP contribution in [0.2, 0.25) is 0 Å². The number of rotatable bonds is 4. The van der Waals surface area contributed by atoms with Gasteiger partial charge in [-0.15, -0.1) is 9.89 Å². The molecule has 0 saturated carbocycles. The maximum absolute atomic E-state index is 12.0. The fourth-order valence-corrected chi connectivity index (χ4v) is 3.21. The number of benzene rings is 1. The third kappa shape index (κ3) is 3.50. The summed E-state index contributed by atoms with van der Waals surface area (Å²) in [5, 5.41) is 13.6. The van der Waals surface area contributed by atoms with Gasteiger partial charge < -0.3 is 4.90 Å². The summed E-state index contributed by atoms with van der Waals surface area (Å²) in [4.78, 5) is 16.0. The Morgan fingerprint density at radius 3 is 2.44 bits per heavy atom. The van der Waals surface area contributed by atoms with Gasteiger partial charge in [0, 0.05) is 25.2 Å². The number of carbonyl (C=O) groups excluding carboxylic acids is 1. The number of tetrazole rings is 1. The zero-order valence-corrected chi connectivity index (χ0v) is 15.4. The summed E-state index contributed by atoms with van der Waals surface area (Å²) in [6, 6.07) is 8.60. The molecule has 0 unspecified atom stereocenters. The van der Waals surface area contributed by atoms with E-state index in [0.717, 1.165) is 26.2 Å². The molecule has 0 radical (unpaired) electrons. The van der Waals surface area contributed by atoms with Crippen molar-refractivity contribution in [2.45, 2.75) is 39.5 Å². The van der Waals surface area contributed by atoms with Crippen molar-refractivity contribution in [1.29, 1.82) is 0 Å². The van der Waals surface area contributed by atoms with Crippen molar-refractivity contribution in [2.75, 3.05) is 36.1 Å². The first-order chi connectivity index (χ1) is 11.9. The summed E-state index contributed by atoms with van der Waals surface area (Å²) in [5.41, 5.74) is 2.74. The van der Waals surface area contributed by atoms with E-state index in [-0.39, 0.29) is 11.2 Å². The molecular formula is C18H26N6O. The van der Waals surface area contributed by atoms with E-state index < -0.39 is 0 Å². The van der Waals surface area contributed by atoms with Crippen LogP contribution in [0, 0.1) is 0 Å². The number of ketones is 1. The lowest BCUT2D eigenvalue weighted by Gasteiger charge is -2.38. The molecule has 0 N–H and O–H groups in total. The van der Waals surface area contributed by atoms with Crippen molar-refractivity contribution in [2.24, 2.45) is 0 Å². The van der Waals surface area contributed by atoms with E-state index in [2.05, 4.69) is 65.5 Å². The molecule has 0 atom stereocenters. The Bertz CT molecular complexity index is 740. The molecule has 3 rings (SSSR count). The minimum Gasteiger partial charge on any atom is -0.368 e. The largest absolute Gasteiger partial charge is 0.368 e. The summed E-state index contributed by atoms with van der Waals surface area (Å²) < 4.78 is 0. The highest BCUT2D eigenvalue weighted by molar-refractivity contribution is 5.92. The summed E-state index contributed by atoms with van der Waals surface area (Å²) in [5.74, 6) is 0.288. The van der Waals surface area contributed by atoms with Gasteiger partial charge in [0.15, 0.2) is 0 Å². The van der Waals surface area contributed by atoms with Crippen LogP contribution in [0.5, 0.6) is 0 Å². The highest BCUT2D eigenvalue weighted by atomic mass is 16.1. The molecule has 1 aliphatic rings. The van der Waals surface area contributed by atoms with Gasteiger partial charge in [0.1, 0.15) is 0 Å². The molecule has 7 nitrogen and oxygen atoms in total. The summed E-state index contributed by atoms with van der Waals surface area (Å²) in [6.07, 6.45) is 0.402. The molecule has 25 heavy (non-hydrogen) atoms.